The molecule has 2 aromatic carbocycles. The monoisotopic (exact) mass is 942 g/mol. The first-order valence-corrected chi connectivity index (χ1v) is 23.2. The van der Waals surface area contributed by atoms with Crippen molar-refractivity contribution in [3.8, 4) is 11.4 Å². The van der Waals surface area contributed by atoms with Gasteiger partial charge in [-0.15, -0.1) is 0 Å². The number of aromatic nitrogens is 2. The molecule has 0 saturated carbocycles. The van der Waals surface area contributed by atoms with Gasteiger partial charge in [-0.05, 0) is 85.9 Å². The SMILES string of the molecule is CCC1(O)C(=O)OCc2c1cc1n(c2=O)Cc2c-1nc1cc(C)c(C)c3c1c2[C@@H](NC(=O)CNC(=O)C(Cc1ccccc1)NC(=O)CNC(=O)CNC(=O)CCCCCN1C(=O)C=CC1=O)CC3. The molecule has 7 amide bonds. The zero-order valence-corrected chi connectivity index (χ0v) is 38.6. The van der Waals surface area contributed by atoms with Crippen LogP contribution in [0.25, 0.3) is 22.3 Å². The van der Waals surface area contributed by atoms with Crippen molar-refractivity contribution in [2.45, 2.75) is 103 Å². The van der Waals surface area contributed by atoms with Crippen LogP contribution in [0, 0.1) is 13.8 Å². The molecule has 4 aromatic rings. The van der Waals surface area contributed by atoms with E-state index in [0.717, 1.165) is 43.7 Å². The van der Waals surface area contributed by atoms with Gasteiger partial charge in [0, 0.05) is 48.1 Å². The van der Waals surface area contributed by atoms with E-state index in [9.17, 15) is 48.3 Å². The number of hydrogen-bond donors (Lipinski definition) is 6. The Hall–Kier alpha value is -7.54. The van der Waals surface area contributed by atoms with E-state index in [2.05, 4.69) is 26.6 Å². The van der Waals surface area contributed by atoms with Crippen LogP contribution in [-0.4, -0.2) is 99.1 Å². The molecule has 6 N–H and O–H groups in total. The Morgan fingerprint density at radius 2 is 1.57 bits per heavy atom. The minimum absolute atomic E-state index is 0.00252. The molecule has 4 aliphatic rings. The van der Waals surface area contributed by atoms with Gasteiger partial charge in [0.25, 0.3) is 17.4 Å². The van der Waals surface area contributed by atoms with Crippen molar-refractivity contribution in [2.75, 3.05) is 26.2 Å². The summed E-state index contributed by atoms with van der Waals surface area (Å²) >= 11 is 0. The van der Waals surface area contributed by atoms with Crippen LogP contribution in [0.15, 0.2) is 59.4 Å². The third kappa shape index (κ3) is 9.77. The largest absolute Gasteiger partial charge is 0.458 e. The third-order valence-corrected chi connectivity index (χ3v) is 13.5. The normalized spacial score (nSPS) is 17.9. The summed E-state index contributed by atoms with van der Waals surface area (Å²) in [6.07, 6.45) is 5.36. The quantitative estimate of drug-likeness (QED) is 0.0414. The van der Waals surface area contributed by atoms with Crippen molar-refractivity contribution in [3.63, 3.8) is 0 Å². The molecule has 2 aromatic heterocycles. The first-order chi connectivity index (χ1) is 33.1. The van der Waals surface area contributed by atoms with E-state index in [1.165, 1.54) is 12.2 Å². The summed E-state index contributed by atoms with van der Waals surface area (Å²) in [6, 6.07) is 10.9. The van der Waals surface area contributed by atoms with Crippen LogP contribution in [0.5, 0.6) is 0 Å². The number of amides is 7. The van der Waals surface area contributed by atoms with Gasteiger partial charge in [0.2, 0.25) is 29.5 Å². The van der Waals surface area contributed by atoms with E-state index in [1.54, 1.807) is 47.9 Å². The van der Waals surface area contributed by atoms with Crippen molar-refractivity contribution in [2.24, 2.45) is 0 Å². The molecule has 1 aliphatic carbocycles. The van der Waals surface area contributed by atoms with Crippen LogP contribution in [-0.2, 0) is 74.7 Å². The average Bonchev–Trinajstić information content (AvgIpc) is 3.87. The molecule has 0 bridgehead atoms. The Morgan fingerprint density at radius 3 is 2.30 bits per heavy atom. The van der Waals surface area contributed by atoms with Crippen molar-refractivity contribution in [1.82, 2.24) is 41.0 Å². The number of carbonyl (C=O) groups is 8. The number of carbonyl (C=O) groups excluding carboxylic acids is 8. The predicted octanol–water partition coefficient (Wildman–Crippen LogP) is 1.36. The highest BCUT2D eigenvalue weighted by Gasteiger charge is 2.46. The topological polar surface area (TPSA) is 264 Å². The number of fused-ring (bicyclic) bond motifs is 5. The number of nitrogens with zero attached hydrogens (tertiary/aromatic N) is 3. The van der Waals surface area contributed by atoms with Crippen molar-refractivity contribution >= 4 is 58.2 Å². The van der Waals surface area contributed by atoms with Gasteiger partial charge < -0.3 is 41.0 Å². The van der Waals surface area contributed by atoms with Crippen LogP contribution < -0.4 is 32.1 Å². The van der Waals surface area contributed by atoms with Gasteiger partial charge >= 0.3 is 5.97 Å². The summed E-state index contributed by atoms with van der Waals surface area (Å²) < 4.78 is 6.82. The molecular formula is C50H54N8O11. The maximum absolute atomic E-state index is 14.1. The summed E-state index contributed by atoms with van der Waals surface area (Å²) in [5.74, 6) is -4.38. The molecule has 19 heteroatoms. The van der Waals surface area contributed by atoms with E-state index in [-0.39, 0.29) is 74.4 Å². The number of esters is 1. The molecule has 8 rings (SSSR count). The number of cyclic esters (lactones) is 1. The Kier molecular flexibility index (Phi) is 13.9. The third-order valence-electron chi connectivity index (χ3n) is 13.5. The van der Waals surface area contributed by atoms with Crippen LogP contribution in [0.1, 0.15) is 96.0 Å². The Morgan fingerprint density at radius 1 is 0.855 bits per heavy atom. The molecule has 5 heterocycles. The average molecular weight is 943 g/mol. The Balaban J connectivity index is 0.899. The second-order valence-electron chi connectivity index (χ2n) is 17.9. The molecule has 0 fully saturated rings. The summed E-state index contributed by atoms with van der Waals surface area (Å²) in [6.45, 7) is 4.50. The molecule has 69 heavy (non-hydrogen) atoms. The zero-order chi connectivity index (χ0) is 49.1. The zero-order valence-electron chi connectivity index (χ0n) is 38.6. The fourth-order valence-corrected chi connectivity index (χ4v) is 9.61. The first-order valence-electron chi connectivity index (χ1n) is 23.2. The highest BCUT2D eigenvalue weighted by atomic mass is 16.6. The molecule has 0 spiro atoms. The van der Waals surface area contributed by atoms with Crippen LogP contribution in [0.3, 0.4) is 0 Å². The summed E-state index contributed by atoms with van der Waals surface area (Å²) in [5.41, 5.74) is 5.09. The van der Waals surface area contributed by atoms with E-state index >= 15 is 0 Å². The number of hydrogen-bond acceptors (Lipinski definition) is 12. The predicted molar refractivity (Wildman–Crippen MR) is 249 cm³/mol. The van der Waals surface area contributed by atoms with Gasteiger partial charge in [0.15, 0.2) is 5.60 Å². The molecule has 360 valence electrons. The number of benzene rings is 2. The number of imide groups is 1. The Bertz CT molecular complexity index is 2890. The Labute approximate surface area is 396 Å². The van der Waals surface area contributed by atoms with Gasteiger partial charge in [-0.1, -0.05) is 43.7 Å². The summed E-state index contributed by atoms with van der Waals surface area (Å²) in [5, 5.41) is 25.7. The van der Waals surface area contributed by atoms with E-state index < -0.39 is 65.9 Å². The lowest BCUT2D eigenvalue weighted by atomic mass is 9.80. The van der Waals surface area contributed by atoms with Gasteiger partial charge in [0.1, 0.15) is 12.6 Å². The van der Waals surface area contributed by atoms with Gasteiger partial charge in [-0.3, -0.25) is 43.3 Å². The molecule has 0 saturated heterocycles. The molecule has 19 nitrogen and oxygen atoms in total. The van der Waals surface area contributed by atoms with Crippen molar-refractivity contribution < 1.29 is 48.2 Å². The van der Waals surface area contributed by atoms with Crippen molar-refractivity contribution in [1.29, 1.82) is 0 Å². The van der Waals surface area contributed by atoms with E-state index in [4.69, 9.17) is 9.72 Å². The number of unbranched alkanes of at least 4 members (excludes halogenated alkanes) is 2. The second-order valence-corrected chi connectivity index (χ2v) is 17.9. The number of aryl methyl sites for hydroxylation is 2. The standard InChI is InChI=1S/C50H54N8O11/c1-4-50(68)33-21-37-46-31(25-58(37)48(66)32(33)26-69-49(50)67)45-34(15-14-30-28(3)27(2)19-35(56-46)44(30)45)54-41(62)24-53-47(65)36(20-29-11-7-5-8-12-29)55-40(61)23-52-39(60)22-51-38(59)13-9-6-10-18-57-42(63)16-17-43(57)64/h5,7-8,11-12,16-17,19,21,34,36,68H,4,6,9-10,13-15,18,20,22-26H2,1-3H3,(H,51,59)(H,52,60)(H,53,65)(H,54,62)(H,55,61)/t34-,36?,50?/m0/s1. The molecule has 3 atom stereocenters. The van der Waals surface area contributed by atoms with Crippen molar-refractivity contribution in [3.05, 3.63) is 109 Å². The summed E-state index contributed by atoms with van der Waals surface area (Å²) in [4.78, 5) is 122. The maximum Gasteiger partial charge on any atom is 0.343 e. The van der Waals surface area contributed by atoms with E-state index in [0.29, 0.717) is 49.0 Å². The number of ether oxygens (including phenoxy) is 1. The second kappa shape index (κ2) is 20.0. The number of nitrogens with one attached hydrogen (secondary N) is 5. The highest BCUT2D eigenvalue weighted by Crippen LogP contribution is 2.46. The maximum atomic E-state index is 14.1. The minimum Gasteiger partial charge on any atom is -0.458 e. The first kappa shape index (κ1) is 47.9. The van der Waals surface area contributed by atoms with Gasteiger partial charge in [0.05, 0.1) is 54.7 Å². The van der Waals surface area contributed by atoms with Gasteiger partial charge in [-0.2, -0.15) is 0 Å². The number of aliphatic hydroxyl groups is 1. The smallest absolute Gasteiger partial charge is 0.343 e. The fourth-order valence-electron chi connectivity index (χ4n) is 9.61. The molecular weight excluding hydrogens is 889 g/mol. The van der Waals surface area contributed by atoms with Gasteiger partial charge in [-0.25, -0.2) is 9.78 Å². The lowest BCUT2D eigenvalue weighted by Crippen LogP contribution is -2.52. The number of rotatable bonds is 18. The lowest BCUT2D eigenvalue weighted by Gasteiger charge is -2.31. The van der Waals surface area contributed by atoms with Crippen LogP contribution in [0.4, 0.5) is 0 Å². The fraction of sp³-hybridized carbons (Fsp3) is 0.400. The summed E-state index contributed by atoms with van der Waals surface area (Å²) in [7, 11) is 0. The molecule has 2 unspecified atom stereocenters. The van der Waals surface area contributed by atoms with Crippen LogP contribution >= 0.6 is 0 Å². The molecule has 0 radical (unpaired) electrons. The molecule has 3 aliphatic heterocycles. The number of pyridine rings is 2. The minimum atomic E-state index is -2.00. The highest BCUT2D eigenvalue weighted by molar-refractivity contribution is 6.12. The van der Waals surface area contributed by atoms with E-state index in [1.807, 2.05) is 19.9 Å². The van der Waals surface area contributed by atoms with Crippen LogP contribution in [0.2, 0.25) is 0 Å². The lowest BCUT2D eigenvalue weighted by molar-refractivity contribution is -0.172.